The van der Waals surface area contributed by atoms with Gasteiger partial charge in [-0.2, -0.15) is 5.26 Å². The van der Waals surface area contributed by atoms with Gasteiger partial charge in [-0.05, 0) is 43.0 Å². The number of hydrogen-bond acceptors (Lipinski definition) is 4. The Morgan fingerprint density at radius 1 is 1.48 bits per heavy atom. The molecule has 0 aliphatic carbocycles. The van der Waals surface area contributed by atoms with Gasteiger partial charge in [-0.3, -0.25) is 0 Å². The van der Waals surface area contributed by atoms with Gasteiger partial charge in [-0.25, -0.2) is 0 Å². The molecule has 0 radical (unpaired) electrons. The van der Waals surface area contributed by atoms with E-state index in [-0.39, 0.29) is 6.10 Å². The van der Waals surface area contributed by atoms with Crippen LogP contribution in [-0.4, -0.2) is 30.8 Å². The van der Waals surface area contributed by atoms with Crippen molar-refractivity contribution in [3.63, 3.8) is 0 Å². The normalized spacial score (nSPS) is 18.8. The molecule has 1 unspecified atom stereocenters. The van der Waals surface area contributed by atoms with Crippen LogP contribution in [0.2, 0.25) is 0 Å². The molecule has 4 nitrogen and oxygen atoms in total. The van der Waals surface area contributed by atoms with Crippen molar-refractivity contribution < 1.29 is 5.11 Å². The van der Waals surface area contributed by atoms with Gasteiger partial charge in [0.2, 0.25) is 0 Å². The highest BCUT2D eigenvalue weighted by Crippen LogP contribution is 2.25. The van der Waals surface area contributed by atoms with Crippen molar-refractivity contribution in [1.29, 1.82) is 5.26 Å². The van der Waals surface area contributed by atoms with Crippen LogP contribution in [0.3, 0.4) is 0 Å². The number of hydrogen-bond donors (Lipinski definition) is 2. The number of nitrogens with one attached hydrogen (secondary N) is 1. The van der Waals surface area contributed by atoms with Gasteiger partial charge >= 0.3 is 0 Å². The van der Waals surface area contributed by atoms with E-state index in [0.29, 0.717) is 18.0 Å². The summed E-state index contributed by atoms with van der Waals surface area (Å²) >= 11 is 0. The Balaban J connectivity index is 2.07. The van der Waals surface area contributed by atoms with Crippen LogP contribution in [0.15, 0.2) is 18.2 Å². The van der Waals surface area contributed by atoms with Crippen molar-refractivity contribution >= 4 is 5.69 Å². The van der Waals surface area contributed by atoms with Gasteiger partial charge in [0.1, 0.15) is 6.07 Å². The number of aliphatic hydroxyl groups excluding tert-OH is 1. The molecule has 2 N–H and O–H groups in total. The summed E-state index contributed by atoms with van der Waals surface area (Å²) in [5.74, 6) is 0.620. The Morgan fingerprint density at radius 2 is 2.29 bits per heavy atom. The molecular weight excluding hydrogens is 262 g/mol. The van der Waals surface area contributed by atoms with Crippen LogP contribution in [-0.2, 0) is 6.54 Å². The quantitative estimate of drug-likeness (QED) is 0.872. The average molecular weight is 287 g/mol. The van der Waals surface area contributed by atoms with E-state index in [1.807, 2.05) is 12.1 Å². The third-order valence-corrected chi connectivity index (χ3v) is 3.80. The van der Waals surface area contributed by atoms with Crippen LogP contribution in [0.25, 0.3) is 0 Å². The van der Waals surface area contributed by atoms with Crippen LogP contribution < -0.4 is 10.2 Å². The maximum absolute atomic E-state index is 9.79. The molecule has 4 heteroatoms. The lowest BCUT2D eigenvalue weighted by Gasteiger charge is -2.32. The van der Waals surface area contributed by atoms with E-state index >= 15 is 0 Å². The second-order valence-corrected chi connectivity index (χ2v) is 6.23. The second kappa shape index (κ2) is 7.44. The lowest BCUT2D eigenvalue weighted by molar-refractivity contribution is 0.154. The summed E-state index contributed by atoms with van der Waals surface area (Å²) < 4.78 is 0. The molecule has 2 rings (SSSR count). The van der Waals surface area contributed by atoms with Crippen LogP contribution >= 0.6 is 0 Å². The van der Waals surface area contributed by atoms with Crippen molar-refractivity contribution in [3.05, 3.63) is 29.3 Å². The summed E-state index contributed by atoms with van der Waals surface area (Å²) in [5.41, 5.74) is 2.78. The smallest absolute Gasteiger partial charge is 0.101 e. The number of aliphatic hydroxyl groups is 1. The maximum atomic E-state index is 9.79. The standard InChI is InChI=1S/C17H25N3O/c1-13(2)10-19-11-14-5-6-17(15(8-14)9-18)20-7-3-4-16(21)12-20/h5-6,8,13,16,19,21H,3-4,7,10-12H2,1-2H3. The van der Waals surface area contributed by atoms with E-state index in [2.05, 4.69) is 36.2 Å². The average Bonchev–Trinajstić information content (AvgIpc) is 2.46. The summed E-state index contributed by atoms with van der Waals surface area (Å²) in [6.45, 7) is 7.66. The molecule has 1 aliphatic rings. The van der Waals surface area contributed by atoms with E-state index in [1.54, 1.807) is 0 Å². The van der Waals surface area contributed by atoms with Gasteiger partial charge in [-0.15, -0.1) is 0 Å². The Morgan fingerprint density at radius 3 is 2.95 bits per heavy atom. The molecule has 114 valence electrons. The Kier molecular flexibility index (Phi) is 5.60. The molecule has 1 atom stereocenters. The third-order valence-electron chi connectivity index (χ3n) is 3.80. The highest BCUT2D eigenvalue weighted by Gasteiger charge is 2.20. The number of nitriles is 1. The van der Waals surface area contributed by atoms with E-state index < -0.39 is 0 Å². The molecule has 1 saturated heterocycles. The minimum Gasteiger partial charge on any atom is -0.391 e. The fraction of sp³-hybridized carbons (Fsp3) is 0.588. The Hall–Kier alpha value is -1.57. The highest BCUT2D eigenvalue weighted by molar-refractivity contribution is 5.60. The maximum Gasteiger partial charge on any atom is 0.101 e. The van der Waals surface area contributed by atoms with Crippen molar-refractivity contribution in [2.45, 2.75) is 39.3 Å². The van der Waals surface area contributed by atoms with Gasteiger partial charge in [0.25, 0.3) is 0 Å². The zero-order valence-electron chi connectivity index (χ0n) is 13.0. The molecule has 1 heterocycles. The third kappa shape index (κ3) is 4.45. The number of β-amino-alcohol motifs (C(OH)–C–C–N with tert-alkyl or cyclic N) is 1. The lowest BCUT2D eigenvalue weighted by atomic mass is 10.0. The SMILES string of the molecule is CC(C)CNCc1ccc(N2CCCC(O)C2)c(C#N)c1. The molecule has 1 aromatic carbocycles. The Bertz CT molecular complexity index is 507. The minimum absolute atomic E-state index is 0.280. The summed E-state index contributed by atoms with van der Waals surface area (Å²) in [4.78, 5) is 2.12. The predicted octanol–water partition coefficient (Wildman–Crippen LogP) is 2.26. The minimum atomic E-state index is -0.280. The molecule has 0 spiro atoms. The molecule has 0 bridgehead atoms. The monoisotopic (exact) mass is 287 g/mol. The number of anilines is 1. The van der Waals surface area contributed by atoms with Gasteiger partial charge in [-0.1, -0.05) is 19.9 Å². The predicted molar refractivity (Wildman–Crippen MR) is 85.2 cm³/mol. The van der Waals surface area contributed by atoms with Crippen LogP contribution in [0.4, 0.5) is 5.69 Å². The number of nitrogens with zero attached hydrogens (tertiary/aromatic N) is 2. The van der Waals surface area contributed by atoms with Crippen molar-refractivity contribution in [3.8, 4) is 6.07 Å². The van der Waals surface area contributed by atoms with Gasteiger partial charge in [0, 0.05) is 19.6 Å². The van der Waals surface area contributed by atoms with Crippen LogP contribution in [0.1, 0.15) is 37.8 Å². The van der Waals surface area contributed by atoms with Crippen LogP contribution in [0.5, 0.6) is 0 Å². The van der Waals surface area contributed by atoms with E-state index in [1.165, 1.54) is 0 Å². The fourth-order valence-corrected chi connectivity index (χ4v) is 2.74. The summed E-state index contributed by atoms with van der Waals surface area (Å²) in [6, 6.07) is 8.35. The molecular formula is C17H25N3O. The molecule has 1 aliphatic heterocycles. The van der Waals surface area contributed by atoms with E-state index in [9.17, 15) is 10.4 Å². The van der Waals surface area contributed by atoms with Crippen molar-refractivity contribution in [2.75, 3.05) is 24.5 Å². The van der Waals surface area contributed by atoms with Crippen molar-refractivity contribution in [2.24, 2.45) is 5.92 Å². The van der Waals surface area contributed by atoms with Gasteiger partial charge in [0.05, 0.1) is 17.4 Å². The van der Waals surface area contributed by atoms with Gasteiger partial charge in [0.15, 0.2) is 0 Å². The zero-order valence-corrected chi connectivity index (χ0v) is 13.0. The molecule has 0 aromatic heterocycles. The van der Waals surface area contributed by atoms with E-state index in [0.717, 1.165) is 43.7 Å². The first kappa shape index (κ1) is 15.8. The number of benzene rings is 1. The summed E-state index contributed by atoms with van der Waals surface area (Å²) in [7, 11) is 0. The molecule has 0 amide bonds. The Labute approximate surface area is 127 Å². The largest absolute Gasteiger partial charge is 0.391 e. The molecule has 1 aromatic rings. The lowest BCUT2D eigenvalue weighted by Crippen LogP contribution is -2.38. The van der Waals surface area contributed by atoms with Crippen LogP contribution in [0, 0.1) is 17.2 Å². The molecule has 0 saturated carbocycles. The van der Waals surface area contributed by atoms with Gasteiger partial charge < -0.3 is 15.3 Å². The number of piperidine rings is 1. The highest BCUT2D eigenvalue weighted by atomic mass is 16.3. The van der Waals surface area contributed by atoms with Crippen molar-refractivity contribution in [1.82, 2.24) is 5.32 Å². The summed E-state index contributed by atoms with van der Waals surface area (Å²) in [6.07, 6.45) is 1.55. The molecule has 21 heavy (non-hydrogen) atoms. The first-order valence-electron chi connectivity index (χ1n) is 7.77. The topological polar surface area (TPSA) is 59.3 Å². The first-order valence-corrected chi connectivity index (χ1v) is 7.77. The first-order chi connectivity index (χ1) is 10.1. The number of rotatable bonds is 5. The fourth-order valence-electron chi connectivity index (χ4n) is 2.74. The molecule has 1 fully saturated rings. The van der Waals surface area contributed by atoms with E-state index in [4.69, 9.17) is 0 Å². The summed E-state index contributed by atoms with van der Waals surface area (Å²) in [5, 5.41) is 22.6. The second-order valence-electron chi connectivity index (χ2n) is 6.23. The zero-order chi connectivity index (χ0) is 15.2.